The number of hydrogen-bond acceptors (Lipinski definition) is 2. The summed E-state index contributed by atoms with van der Waals surface area (Å²) >= 11 is 0. The van der Waals surface area contributed by atoms with Crippen molar-refractivity contribution in [3.05, 3.63) is 12.7 Å². The van der Waals surface area contributed by atoms with Crippen molar-refractivity contribution in [3.63, 3.8) is 0 Å². The molecule has 0 unspecified atom stereocenters. The van der Waals surface area contributed by atoms with Gasteiger partial charge in [-0.05, 0) is 12.8 Å². The maximum atomic E-state index is 11.1. The van der Waals surface area contributed by atoms with E-state index in [4.69, 9.17) is 0 Å². The minimum absolute atomic E-state index is 0.00971. The normalized spacial score (nSPS) is 9.47. The van der Waals surface area contributed by atoms with E-state index in [0.29, 0.717) is 13.1 Å². The number of nitrogens with one attached hydrogen (secondary N) is 1. The Bertz CT molecular complexity index is 227. The molecule has 0 aromatic heterocycles. The molecule has 4 heteroatoms. The van der Waals surface area contributed by atoms with E-state index in [2.05, 4.69) is 11.9 Å². The molecule has 0 radical (unpaired) electrons. The molecule has 1 N–H and O–H groups in total. The van der Waals surface area contributed by atoms with Gasteiger partial charge in [-0.15, -0.1) is 6.58 Å². The Morgan fingerprint density at radius 1 is 1.33 bits per heavy atom. The third-order valence-corrected chi connectivity index (χ3v) is 2.02. The van der Waals surface area contributed by atoms with E-state index in [1.54, 1.807) is 17.9 Å². The molecule has 0 bridgehead atoms. The summed E-state index contributed by atoms with van der Waals surface area (Å²) in [5, 5.41) is 2.72. The second-order valence-corrected chi connectivity index (χ2v) is 3.44. The standard InChI is InChI=1S/C11H20N2O2/c1-4-8-13(11(3)15)9-6-5-7-12-10(2)14/h4H,1,5-9H2,2-3H3,(H,12,14). The lowest BCUT2D eigenvalue weighted by atomic mass is 10.3. The van der Waals surface area contributed by atoms with Gasteiger partial charge in [0.2, 0.25) is 11.8 Å². The second kappa shape index (κ2) is 8.03. The third-order valence-electron chi connectivity index (χ3n) is 2.02. The van der Waals surface area contributed by atoms with E-state index < -0.39 is 0 Å². The fourth-order valence-corrected chi connectivity index (χ4v) is 1.23. The van der Waals surface area contributed by atoms with Crippen LogP contribution in [0.25, 0.3) is 0 Å². The Morgan fingerprint density at radius 3 is 2.47 bits per heavy atom. The fourth-order valence-electron chi connectivity index (χ4n) is 1.23. The number of amides is 2. The molecule has 4 nitrogen and oxygen atoms in total. The van der Waals surface area contributed by atoms with Gasteiger partial charge in [0.1, 0.15) is 0 Å². The van der Waals surface area contributed by atoms with Crippen molar-refractivity contribution >= 4 is 11.8 Å². The minimum atomic E-state index is -0.00971. The van der Waals surface area contributed by atoms with E-state index in [-0.39, 0.29) is 11.8 Å². The van der Waals surface area contributed by atoms with Crippen molar-refractivity contribution in [1.82, 2.24) is 10.2 Å². The molecule has 0 aliphatic carbocycles. The third kappa shape index (κ3) is 7.73. The fraction of sp³-hybridized carbons (Fsp3) is 0.636. The first-order valence-corrected chi connectivity index (χ1v) is 5.18. The summed E-state index contributed by atoms with van der Waals surface area (Å²) in [5.41, 5.74) is 0. The van der Waals surface area contributed by atoms with Crippen LogP contribution in [-0.2, 0) is 9.59 Å². The molecule has 86 valence electrons. The van der Waals surface area contributed by atoms with Gasteiger partial charge in [-0.3, -0.25) is 9.59 Å². The lowest BCUT2D eigenvalue weighted by Gasteiger charge is -2.18. The number of unbranched alkanes of at least 4 members (excludes halogenated alkanes) is 1. The van der Waals surface area contributed by atoms with Crippen LogP contribution in [0.3, 0.4) is 0 Å². The molecular formula is C11H20N2O2. The van der Waals surface area contributed by atoms with Crippen LogP contribution >= 0.6 is 0 Å². The highest BCUT2D eigenvalue weighted by Crippen LogP contribution is 1.95. The summed E-state index contributed by atoms with van der Waals surface area (Å²) in [5.74, 6) is 0.0546. The molecule has 2 amide bonds. The van der Waals surface area contributed by atoms with E-state index in [9.17, 15) is 9.59 Å². The van der Waals surface area contributed by atoms with Gasteiger partial charge < -0.3 is 10.2 Å². The quantitative estimate of drug-likeness (QED) is 0.504. The Morgan fingerprint density at radius 2 is 2.00 bits per heavy atom. The van der Waals surface area contributed by atoms with Crippen LogP contribution in [0.1, 0.15) is 26.7 Å². The lowest BCUT2D eigenvalue weighted by molar-refractivity contribution is -0.128. The van der Waals surface area contributed by atoms with E-state index >= 15 is 0 Å². The molecule has 0 aromatic rings. The second-order valence-electron chi connectivity index (χ2n) is 3.44. The van der Waals surface area contributed by atoms with Gasteiger partial charge >= 0.3 is 0 Å². The predicted molar refractivity (Wildman–Crippen MR) is 60.4 cm³/mol. The number of rotatable bonds is 7. The zero-order valence-corrected chi connectivity index (χ0v) is 9.58. The minimum Gasteiger partial charge on any atom is -0.356 e. The van der Waals surface area contributed by atoms with Crippen LogP contribution < -0.4 is 5.32 Å². The molecule has 0 spiro atoms. The Labute approximate surface area is 91.3 Å². The molecule has 0 atom stereocenters. The van der Waals surface area contributed by atoms with Crippen LogP contribution in [0.15, 0.2) is 12.7 Å². The van der Waals surface area contributed by atoms with Crippen LogP contribution in [0.5, 0.6) is 0 Å². The van der Waals surface area contributed by atoms with Gasteiger partial charge in [-0.1, -0.05) is 6.08 Å². The van der Waals surface area contributed by atoms with Crippen molar-refractivity contribution < 1.29 is 9.59 Å². The Hall–Kier alpha value is -1.32. The highest BCUT2D eigenvalue weighted by molar-refractivity contribution is 5.73. The van der Waals surface area contributed by atoms with Crippen LogP contribution in [-0.4, -0.2) is 36.3 Å². The van der Waals surface area contributed by atoms with Crippen molar-refractivity contribution in [2.24, 2.45) is 0 Å². The summed E-state index contributed by atoms with van der Waals surface area (Å²) in [4.78, 5) is 23.4. The van der Waals surface area contributed by atoms with Gasteiger partial charge in [-0.2, -0.15) is 0 Å². The molecule has 0 aromatic carbocycles. The molecular weight excluding hydrogens is 192 g/mol. The largest absolute Gasteiger partial charge is 0.356 e. The molecule has 0 aliphatic rings. The van der Waals surface area contributed by atoms with Gasteiger partial charge in [0.25, 0.3) is 0 Å². The molecule has 15 heavy (non-hydrogen) atoms. The highest BCUT2D eigenvalue weighted by atomic mass is 16.2. The van der Waals surface area contributed by atoms with Crippen LogP contribution in [0.2, 0.25) is 0 Å². The Balaban J connectivity index is 3.57. The summed E-state index contributed by atoms with van der Waals surface area (Å²) < 4.78 is 0. The van der Waals surface area contributed by atoms with Gasteiger partial charge in [0.05, 0.1) is 0 Å². The maximum Gasteiger partial charge on any atom is 0.219 e. The monoisotopic (exact) mass is 212 g/mol. The molecule has 0 aliphatic heterocycles. The number of carbonyl (C=O) groups excluding carboxylic acids is 2. The van der Waals surface area contributed by atoms with Crippen LogP contribution in [0.4, 0.5) is 0 Å². The molecule has 0 heterocycles. The Kier molecular flexibility index (Phi) is 7.32. The number of hydrogen-bond donors (Lipinski definition) is 1. The molecule has 0 saturated heterocycles. The summed E-state index contributed by atoms with van der Waals surface area (Å²) in [6.07, 6.45) is 3.50. The first kappa shape index (κ1) is 13.7. The van der Waals surface area contributed by atoms with E-state index in [1.807, 2.05) is 0 Å². The molecule has 0 rings (SSSR count). The summed E-state index contributed by atoms with van der Waals surface area (Å²) in [7, 11) is 0. The lowest BCUT2D eigenvalue weighted by Crippen LogP contribution is -2.30. The molecule has 0 fully saturated rings. The first-order chi connectivity index (χ1) is 7.07. The zero-order chi connectivity index (χ0) is 11.7. The van der Waals surface area contributed by atoms with Crippen molar-refractivity contribution in [2.45, 2.75) is 26.7 Å². The number of carbonyl (C=O) groups is 2. The molecule has 0 saturated carbocycles. The number of nitrogens with zero attached hydrogens (tertiary/aromatic N) is 1. The van der Waals surface area contributed by atoms with Gasteiger partial charge in [0, 0.05) is 33.5 Å². The zero-order valence-electron chi connectivity index (χ0n) is 9.58. The SMILES string of the molecule is C=CCN(CCCCNC(C)=O)C(C)=O. The summed E-state index contributed by atoms with van der Waals surface area (Å²) in [6, 6.07) is 0. The van der Waals surface area contributed by atoms with E-state index in [0.717, 1.165) is 19.4 Å². The van der Waals surface area contributed by atoms with Crippen molar-refractivity contribution in [3.8, 4) is 0 Å². The topological polar surface area (TPSA) is 49.4 Å². The summed E-state index contributed by atoms with van der Waals surface area (Å²) in [6.45, 7) is 8.64. The van der Waals surface area contributed by atoms with Crippen molar-refractivity contribution in [2.75, 3.05) is 19.6 Å². The van der Waals surface area contributed by atoms with Gasteiger partial charge in [0.15, 0.2) is 0 Å². The average Bonchev–Trinajstić information content (AvgIpc) is 2.15. The van der Waals surface area contributed by atoms with E-state index in [1.165, 1.54) is 6.92 Å². The van der Waals surface area contributed by atoms with Crippen molar-refractivity contribution in [1.29, 1.82) is 0 Å². The first-order valence-electron chi connectivity index (χ1n) is 5.18. The van der Waals surface area contributed by atoms with Crippen LogP contribution in [0, 0.1) is 0 Å². The smallest absolute Gasteiger partial charge is 0.219 e. The highest BCUT2D eigenvalue weighted by Gasteiger charge is 2.05. The predicted octanol–water partition coefficient (Wildman–Crippen LogP) is 0.937. The maximum absolute atomic E-state index is 11.1. The van der Waals surface area contributed by atoms with Gasteiger partial charge in [-0.25, -0.2) is 0 Å². The average molecular weight is 212 g/mol.